The summed E-state index contributed by atoms with van der Waals surface area (Å²) in [6.07, 6.45) is 1.15. The molecule has 0 spiro atoms. The van der Waals surface area contributed by atoms with Crippen molar-refractivity contribution in [3.63, 3.8) is 0 Å². The van der Waals surface area contributed by atoms with Crippen molar-refractivity contribution in [2.75, 3.05) is 11.9 Å². The first-order valence-electron chi connectivity index (χ1n) is 6.58. The molecular formula is C12H16N4O4. The van der Waals surface area contributed by atoms with Crippen molar-refractivity contribution in [3.05, 3.63) is 17.5 Å². The number of aliphatic hydroxyl groups is 3. The summed E-state index contributed by atoms with van der Waals surface area (Å²) in [5.41, 5.74) is 2.49. The number of epoxide rings is 1. The molecule has 0 bridgehead atoms. The van der Waals surface area contributed by atoms with E-state index in [9.17, 15) is 15.3 Å². The van der Waals surface area contributed by atoms with Gasteiger partial charge in [-0.2, -0.15) is 0 Å². The maximum Gasteiger partial charge on any atom is 0.182 e. The van der Waals surface area contributed by atoms with Crippen LogP contribution in [-0.4, -0.2) is 57.7 Å². The predicted molar refractivity (Wildman–Crippen MR) is 69.3 cm³/mol. The Morgan fingerprint density at radius 2 is 2.15 bits per heavy atom. The number of hydrogen-bond acceptors (Lipinski definition) is 7. The van der Waals surface area contributed by atoms with Gasteiger partial charge in [0.1, 0.15) is 12.2 Å². The first-order valence-corrected chi connectivity index (χ1v) is 6.58. The fraction of sp³-hybridized carbons (Fsp3) is 0.583. The molecule has 0 aromatic carbocycles. The number of ether oxygens (including phenoxy) is 1. The Kier molecular flexibility index (Phi) is 2.63. The highest BCUT2D eigenvalue weighted by Gasteiger charge is 2.47. The Balaban J connectivity index is 1.68. The maximum absolute atomic E-state index is 10.1. The van der Waals surface area contributed by atoms with Crippen molar-refractivity contribution in [2.24, 2.45) is 4.99 Å². The van der Waals surface area contributed by atoms with Crippen molar-refractivity contribution in [1.29, 1.82) is 0 Å². The molecule has 6 atom stereocenters. The minimum absolute atomic E-state index is 0.0814. The van der Waals surface area contributed by atoms with E-state index in [4.69, 9.17) is 4.74 Å². The first kappa shape index (κ1) is 12.3. The Labute approximate surface area is 114 Å². The van der Waals surface area contributed by atoms with E-state index in [1.807, 2.05) is 0 Å². The van der Waals surface area contributed by atoms with E-state index in [1.165, 1.54) is 0 Å². The van der Waals surface area contributed by atoms with E-state index in [-0.39, 0.29) is 18.9 Å². The molecule has 2 fully saturated rings. The fourth-order valence-electron chi connectivity index (χ4n) is 2.99. The summed E-state index contributed by atoms with van der Waals surface area (Å²) in [7, 11) is 0. The van der Waals surface area contributed by atoms with E-state index in [2.05, 4.69) is 20.6 Å². The molecule has 20 heavy (non-hydrogen) atoms. The van der Waals surface area contributed by atoms with Gasteiger partial charge in [0, 0.05) is 11.8 Å². The summed E-state index contributed by atoms with van der Waals surface area (Å²) in [5, 5.41) is 35.4. The van der Waals surface area contributed by atoms with Gasteiger partial charge >= 0.3 is 0 Å². The van der Waals surface area contributed by atoms with Crippen LogP contribution in [0.25, 0.3) is 0 Å². The number of anilines is 1. The average molecular weight is 280 g/mol. The first-order chi connectivity index (χ1) is 9.70. The molecule has 8 nitrogen and oxygen atoms in total. The van der Waals surface area contributed by atoms with E-state index < -0.39 is 24.3 Å². The molecule has 4 rings (SSSR count). The molecule has 1 aromatic heterocycles. The normalized spacial score (nSPS) is 41.8. The van der Waals surface area contributed by atoms with Crippen molar-refractivity contribution in [2.45, 2.75) is 36.6 Å². The number of nitrogens with zero attached hydrogens (tertiary/aromatic N) is 1. The van der Waals surface area contributed by atoms with Crippen LogP contribution in [-0.2, 0) is 4.74 Å². The number of hydrogen-bond donors (Lipinski definition) is 6. The second-order valence-electron chi connectivity index (χ2n) is 5.32. The summed E-state index contributed by atoms with van der Waals surface area (Å²) < 4.78 is 5.41. The van der Waals surface area contributed by atoms with Crippen molar-refractivity contribution < 1.29 is 20.1 Å². The number of aromatic amines is 1. The third-order valence-electron chi connectivity index (χ3n) is 4.15. The zero-order valence-corrected chi connectivity index (χ0v) is 10.5. The van der Waals surface area contributed by atoms with Crippen LogP contribution in [0.1, 0.15) is 23.4 Å². The van der Waals surface area contributed by atoms with Gasteiger partial charge in [-0.3, -0.25) is 0 Å². The van der Waals surface area contributed by atoms with Gasteiger partial charge in [0.2, 0.25) is 0 Å². The minimum Gasteiger partial charge on any atom is -0.395 e. The van der Waals surface area contributed by atoms with Gasteiger partial charge in [0.25, 0.3) is 0 Å². The molecule has 0 saturated carbocycles. The third kappa shape index (κ3) is 1.63. The van der Waals surface area contributed by atoms with Crippen LogP contribution in [0.2, 0.25) is 0 Å². The Bertz CT molecular complexity index is 560. The van der Waals surface area contributed by atoms with E-state index >= 15 is 0 Å². The fourth-order valence-corrected chi connectivity index (χ4v) is 2.99. The molecule has 6 N–H and O–H groups in total. The third-order valence-corrected chi connectivity index (χ3v) is 4.15. The monoisotopic (exact) mass is 280 g/mol. The molecule has 0 amide bonds. The quantitative estimate of drug-likeness (QED) is 0.370. The van der Waals surface area contributed by atoms with E-state index in [0.717, 1.165) is 16.9 Å². The minimum atomic E-state index is -1.00. The number of aliphatic hydroxyl groups excluding tert-OH is 3. The number of nitrogens with one attached hydrogen (secondary N) is 3. The number of H-pyrrole nitrogens is 1. The van der Waals surface area contributed by atoms with Crippen LogP contribution in [0.3, 0.4) is 0 Å². The highest BCUT2D eigenvalue weighted by Crippen LogP contribution is 2.46. The van der Waals surface area contributed by atoms with Gasteiger partial charge in [0.15, 0.2) is 6.23 Å². The molecule has 108 valence electrons. The number of fused-ring (bicyclic) bond motifs is 3. The topological polar surface area (TPSA) is 125 Å². The Morgan fingerprint density at radius 1 is 1.30 bits per heavy atom. The van der Waals surface area contributed by atoms with Crippen LogP contribution in [0, 0.1) is 0 Å². The molecule has 3 aliphatic rings. The van der Waals surface area contributed by atoms with E-state index in [1.54, 1.807) is 12.5 Å². The highest BCUT2D eigenvalue weighted by molar-refractivity contribution is 5.81. The Hall–Kier alpha value is -1.45. The molecule has 4 unspecified atom stereocenters. The summed E-state index contributed by atoms with van der Waals surface area (Å²) in [4.78, 5) is 7.31. The lowest BCUT2D eigenvalue weighted by molar-refractivity contribution is 0.0195. The zero-order valence-electron chi connectivity index (χ0n) is 10.5. The largest absolute Gasteiger partial charge is 0.395 e. The van der Waals surface area contributed by atoms with Crippen LogP contribution < -0.4 is 10.6 Å². The van der Waals surface area contributed by atoms with Crippen LogP contribution in [0.4, 0.5) is 5.69 Å². The lowest BCUT2D eigenvalue weighted by atomic mass is 10.0. The van der Waals surface area contributed by atoms with Crippen molar-refractivity contribution in [1.82, 2.24) is 10.3 Å². The summed E-state index contributed by atoms with van der Waals surface area (Å²) >= 11 is 0. The molecule has 3 aliphatic heterocycles. The highest BCUT2D eigenvalue weighted by atomic mass is 16.6. The van der Waals surface area contributed by atoms with Crippen molar-refractivity contribution >= 4 is 12.0 Å². The standard InChI is InChI=1S/C12H16N4O4/c17-2-5-9(18)10(19)7(16-5)4-1-13-8-6(4)14-3-15-12-11(8)20-12/h1,3,5,7,9-13,16-19H,2H2,(H,14,15)/t5-,7+,9?,10?,11?,12?/m1/s1. The molecule has 8 heteroatoms. The SMILES string of the molecule is OC[C@H]1N[C@@H](c2c[nH]c3c2NC=NC2OC32)C(O)C1O. The Morgan fingerprint density at radius 3 is 2.90 bits per heavy atom. The molecule has 2 saturated heterocycles. The molecule has 0 radical (unpaired) electrons. The molecule has 4 heterocycles. The number of aromatic nitrogens is 1. The number of rotatable bonds is 2. The van der Waals surface area contributed by atoms with Gasteiger partial charge in [-0.25, -0.2) is 4.99 Å². The second kappa shape index (κ2) is 4.27. The lowest BCUT2D eigenvalue weighted by Gasteiger charge is -2.16. The van der Waals surface area contributed by atoms with Gasteiger partial charge in [0.05, 0.1) is 42.5 Å². The van der Waals surface area contributed by atoms with E-state index in [0.29, 0.717) is 0 Å². The van der Waals surface area contributed by atoms with Gasteiger partial charge < -0.3 is 35.7 Å². The van der Waals surface area contributed by atoms with Gasteiger partial charge in [-0.05, 0) is 0 Å². The zero-order chi connectivity index (χ0) is 13.9. The molecule has 1 aromatic rings. The average Bonchev–Trinajstić information content (AvgIpc) is 3.05. The second-order valence-corrected chi connectivity index (χ2v) is 5.32. The summed E-state index contributed by atoms with van der Waals surface area (Å²) in [5.74, 6) is 0. The molecule has 0 aliphatic carbocycles. The summed E-state index contributed by atoms with van der Waals surface area (Å²) in [6, 6.07) is -0.997. The lowest BCUT2D eigenvalue weighted by Crippen LogP contribution is -2.35. The van der Waals surface area contributed by atoms with Gasteiger partial charge in [-0.1, -0.05) is 0 Å². The van der Waals surface area contributed by atoms with Crippen LogP contribution in [0.15, 0.2) is 11.2 Å². The maximum atomic E-state index is 10.1. The van der Waals surface area contributed by atoms with Crippen LogP contribution in [0.5, 0.6) is 0 Å². The van der Waals surface area contributed by atoms with Crippen molar-refractivity contribution in [3.8, 4) is 0 Å². The van der Waals surface area contributed by atoms with Gasteiger partial charge in [-0.15, -0.1) is 0 Å². The van der Waals surface area contributed by atoms with Crippen LogP contribution >= 0.6 is 0 Å². The number of aliphatic imine (C=N–C) groups is 1. The smallest absolute Gasteiger partial charge is 0.182 e. The predicted octanol–water partition coefficient (Wildman–Crippen LogP) is -1.41. The molecular weight excluding hydrogens is 264 g/mol. The summed E-state index contributed by atoms with van der Waals surface area (Å²) in [6.45, 7) is -0.232.